The second-order valence-corrected chi connectivity index (χ2v) is 4.33. The average Bonchev–Trinajstić information content (AvgIpc) is 2.24. The molecular formula is C13H17ClO2. The van der Waals surface area contributed by atoms with E-state index in [2.05, 4.69) is 0 Å². The van der Waals surface area contributed by atoms with Crippen molar-refractivity contribution in [2.75, 3.05) is 0 Å². The molecule has 0 amide bonds. The van der Waals surface area contributed by atoms with Crippen LogP contribution in [-0.2, 0) is 4.79 Å². The molecule has 0 bridgehead atoms. The summed E-state index contributed by atoms with van der Waals surface area (Å²) in [6, 6.07) is 3.71. The van der Waals surface area contributed by atoms with E-state index in [9.17, 15) is 4.79 Å². The highest BCUT2D eigenvalue weighted by Gasteiger charge is 2.13. The molecule has 0 heterocycles. The Kier molecular flexibility index (Phi) is 4.36. The number of benzene rings is 1. The minimum Gasteiger partial charge on any atom is -0.483 e. The zero-order valence-electron chi connectivity index (χ0n) is 10.1. The van der Waals surface area contributed by atoms with Crippen molar-refractivity contribution in [2.45, 2.75) is 40.2 Å². The highest BCUT2D eigenvalue weighted by molar-refractivity contribution is 6.32. The largest absolute Gasteiger partial charge is 0.483 e. The molecule has 1 rings (SSSR count). The van der Waals surface area contributed by atoms with Crippen LogP contribution in [0.2, 0.25) is 5.02 Å². The van der Waals surface area contributed by atoms with E-state index in [0.717, 1.165) is 16.1 Å². The number of carbonyl (C=O) groups excluding carboxylic acids is 1. The summed E-state index contributed by atoms with van der Waals surface area (Å²) in [5.74, 6) is 0.805. The maximum Gasteiger partial charge on any atom is 0.172 e. The van der Waals surface area contributed by atoms with Crippen molar-refractivity contribution in [3.8, 4) is 5.75 Å². The van der Waals surface area contributed by atoms with Gasteiger partial charge in [0.25, 0.3) is 0 Å². The van der Waals surface area contributed by atoms with Gasteiger partial charge >= 0.3 is 0 Å². The molecule has 0 saturated carbocycles. The summed E-state index contributed by atoms with van der Waals surface area (Å²) in [6.45, 7) is 7.45. The second-order valence-electron chi connectivity index (χ2n) is 3.95. The van der Waals surface area contributed by atoms with Gasteiger partial charge in [0.2, 0.25) is 0 Å². The molecule has 0 saturated heterocycles. The van der Waals surface area contributed by atoms with E-state index in [1.54, 1.807) is 6.92 Å². The smallest absolute Gasteiger partial charge is 0.172 e. The maximum absolute atomic E-state index is 11.4. The van der Waals surface area contributed by atoms with Crippen LogP contribution in [-0.4, -0.2) is 11.9 Å². The molecule has 1 unspecified atom stereocenters. The number of Topliss-reactive ketones (excluding diaryl/α,β-unsaturated/α-hetero) is 1. The van der Waals surface area contributed by atoms with Crippen molar-refractivity contribution in [1.29, 1.82) is 0 Å². The van der Waals surface area contributed by atoms with Gasteiger partial charge in [-0.1, -0.05) is 18.5 Å². The van der Waals surface area contributed by atoms with Gasteiger partial charge in [0.1, 0.15) is 5.75 Å². The van der Waals surface area contributed by atoms with Crippen LogP contribution in [0.3, 0.4) is 0 Å². The van der Waals surface area contributed by atoms with Gasteiger partial charge in [-0.25, -0.2) is 0 Å². The minimum atomic E-state index is -0.398. The molecule has 3 heteroatoms. The Bertz CT molecular complexity index is 376. The Hall–Kier alpha value is -1.02. The van der Waals surface area contributed by atoms with E-state index in [0.29, 0.717) is 12.2 Å². The fourth-order valence-corrected chi connectivity index (χ4v) is 1.64. The summed E-state index contributed by atoms with van der Waals surface area (Å²) in [7, 11) is 0. The van der Waals surface area contributed by atoms with Crippen molar-refractivity contribution in [1.82, 2.24) is 0 Å². The number of ether oxygens (including phenoxy) is 1. The first kappa shape index (κ1) is 13.0. The third-order valence-corrected chi connectivity index (χ3v) is 3.12. The van der Waals surface area contributed by atoms with Gasteiger partial charge in [0, 0.05) is 11.4 Å². The highest BCUT2D eigenvalue weighted by atomic mass is 35.5. The van der Waals surface area contributed by atoms with Crippen LogP contribution in [0.15, 0.2) is 12.1 Å². The number of hydrogen-bond acceptors (Lipinski definition) is 2. The lowest BCUT2D eigenvalue weighted by atomic mass is 10.1. The van der Waals surface area contributed by atoms with Gasteiger partial charge in [0.15, 0.2) is 11.9 Å². The summed E-state index contributed by atoms with van der Waals surface area (Å²) >= 11 is 6.05. The fourth-order valence-electron chi connectivity index (χ4n) is 1.53. The number of halogens is 1. The third-order valence-electron chi connectivity index (χ3n) is 2.52. The van der Waals surface area contributed by atoms with Crippen molar-refractivity contribution in [2.24, 2.45) is 0 Å². The molecular weight excluding hydrogens is 224 g/mol. The van der Waals surface area contributed by atoms with E-state index in [4.69, 9.17) is 16.3 Å². The predicted octanol–water partition coefficient (Wildman–Crippen LogP) is 3.70. The maximum atomic E-state index is 11.4. The lowest BCUT2D eigenvalue weighted by Gasteiger charge is -2.14. The summed E-state index contributed by atoms with van der Waals surface area (Å²) in [5, 5.41) is 0.752. The predicted molar refractivity (Wildman–Crippen MR) is 66.3 cm³/mol. The Morgan fingerprint density at radius 2 is 1.88 bits per heavy atom. The molecule has 0 radical (unpaired) electrons. The van der Waals surface area contributed by atoms with E-state index >= 15 is 0 Å². The summed E-state index contributed by atoms with van der Waals surface area (Å²) in [5.41, 5.74) is 1.93. The number of aryl methyl sites for hydroxylation is 2. The molecule has 88 valence electrons. The quantitative estimate of drug-likeness (QED) is 0.802. The first-order chi connectivity index (χ1) is 7.45. The normalized spacial score (nSPS) is 12.3. The molecule has 0 fully saturated rings. The van der Waals surface area contributed by atoms with Crippen molar-refractivity contribution in [3.05, 3.63) is 28.3 Å². The van der Waals surface area contributed by atoms with Crippen LogP contribution in [0.4, 0.5) is 0 Å². The van der Waals surface area contributed by atoms with Gasteiger partial charge in [-0.15, -0.1) is 0 Å². The molecule has 1 aromatic rings. The molecule has 0 aromatic heterocycles. The summed E-state index contributed by atoms with van der Waals surface area (Å²) < 4.78 is 5.58. The van der Waals surface area contributed by atoms with Crippen LogP contribution in [0.25, 0.3) is 0 Å². The Morgan fingerprint density at radius 1 is 1.38 bits per heavy atom. The molecule has 0 spiro atoms. The van der Waals surface area contributed by atoms with Gasteiger partial charge in [-0.3, -0.25) is 4.79 Å². The monoisotopic (exact) mass is 240 g/mol. The van der Waals surface area contributed by atoms with E-state index in [1.807, 2.05) is 32.9 Å². The molecule has 2 nitrogen and oxygen atoms in total. The first-order valence-electron chi connectivity index (χ1n) is 5.41. The van der Waals surface area contributed by atoms with E-state index < -0.39 is 6.10 Å². The van der Waals surface area contributed by atoms with Gasteiger partial charge < -0.3 is 4.74 Å². The minimum absolute atomic E-state index is 0.102. The molecule has 1 atom stereocenters. The third kappa shape index (κ3) is 2.99. The summed E-state index contributed by atoms with van der Waals surface area (Å²) in [6.07, 6.45) is 0.0946. The van der Waals surface area contributed by atoms with Crippen molar-refractivity contribution >= 4 is 17.4 Å². The molecule has 0 aliphatic rings. The standard InChI is InChI=1S/C13H17ClO2/c1-5-12(15)10(4)16-11-6-8(2)13(14)9(3)7-11/h6-7,10H,5H2,1-4H3. The molecule has 0 aliphatic heterocycles. The Morgan fingerprint density at radius 3 is 2.31 bits per heavy atom. The Balaban J connectivity index is 2.86. The van der Waals surface area contributed by atoms with Crippen LogP contribution in [0.1, 0.15) is 31.4 Å². The van der Waals surface area contributed by atoms with Crippen molar-refractivity contribution < 1.29 is 9.53 Å². The SMILES string of the molecule is CCC(=O)C(C)Oc1cc(C)c(Cl)c(C)c1. The number of rotatable bonds is 4. The van der Waals surface area contributed by atoms with Crippen molar-refractivity contribution in [3.63, 3.8) is 0 Å². The highest BCUT2D eigenvalue weighted by Crippen LogP contribution is 2.26. The van der Waals surface area contributed by atoms with E-state index in [-0.39, 0.29) is 5.78 Å². The summed E-state index contributed by atoms with van der Waals surface area (Å²) in [4.78, 5) is 11.4. The average molecular weight is 241 g/mol. The number of carbonyl (C=O) groups is 1. The Labute approximate surface area is 102 Å². The topological polar surface area (TPSA) is 26.3 Å². The number of hydrogen-bond donors (Lipinski definition) is 0. The van der Waals surface area contributed by atoms with Crippen LogP contribution in [0, 0.1) is 13.8 Å². The lowest BCUT2D eigenvalue weighted by Crippen LogP contribution is -2.22. The fraction of sp³-hybridized carbons (Fsp3) is 0.462. The zero-order valence-corrected chi connectivity index (χ0v) is 10.9. The lowest BCUT2D eigenvalue weighted by molar-refractivity contribution is -0.124. The molecule has 16 heavy (non-hydrogen) atoms. The van der Waals surface area contributed by atoms with Gasteiger partial charge in [-0.2, -0.15) is 0 Å². The van der Waals surface area contributed by atoms with Gasteiger partial charge in [0.05, 0.1) is 0 Å². The van der Waals surface area contributed by atoms with Crippen LogP contribution in [0.5, 0.6) is 5.75 Å². The zero-order chi connectivity index (χ0) is 12.3. The molecule has 0 N–H and O–H groups in total. The van der Waals surface area contributed by atoms with Gasteiger partial charge in [-0.05, 0) is 44.0 Å². The van der Waals surface area contributed by atoms with Crippen LogP contribution >= 0.6 is 11.6 Å². The second kappa shape index (κ2) is 5.35. The molecule has 0 aliphatic carbocycles. The van der Waals surface area contributed by atoms with E-state index in [1.165, 1.54) is 0 Å². The van der Waals surface area contributed by atoms with Crippen LogP contribution < -0.4 is 4.74 Å². The first-order valence-corrected chi connectivity index (χ1v) is 5.79. The molecule has 1 aromatic carbocycles. The number of ketones is 1.